The van der Waals surface area contributed by atoms with Gasteiger partial charge in [-0.2, -0.15) is 4.98 Å². The van der Waals surface area contributed by atoms with Gasteiger partial charge in [-0.1, -0.05) is 11.2 Å². The van der Waals surface area contributed by atoms with Gasteiger partial charge in [-0.3, -0.25) is 9.59 Å². The van der Waals surface area contributed by atoms with Crippen LogP contribution >= 0.6 is 0 Å². The molecule has 2 aliphatic rings. The second kappa shape index (κ2) is 6.75. The summed E-state index contributed by atoms with van der Waals surface area (Å²) in [6, 6.07) is 4.98. The van der Waals surface area contributed by atoms with E-state index in [1.54, 1.807) is 13.0 Å². The number of aromatic nitrogens is 2. The zero-order valence-corrected chi connectivity index (χ0v) is 15.1. The Kier molecular flexibility index (Phi) is 4.41. The van der Waals surface area contributed by atoms with E-state index in [0.717, 1.165) is 25.9 Å². The first-order valence-corrected chi connectivity index (χ1v) is 9.15. The number of piperidine rings is 1. The highest BCUT2D eigenvalue weighted by molar-refractivity contribution is 5.94. The van der Waals surface area contributed by atoms with Gasteiger partial charge < -0.3 is 14.7 Å². The lowest BCUT2D eigenvalue weighted by Crippen LogP contribution is -2.49. The molecule has 8 heteroatoms. The molecule has 1 N–H and O–H groups in total. The summed E-state index contributed by atoms with van der Waals surface area (Å²) in [4.78, 5) is 30.7. The van der Waals surface area contributed by atoms with Gasteiger partial charge in [0.1, 0.15) is 11.9 Å². The number of amides is 2. The Morgan fingerprint density at radius 1 is 1.26 bits per heavy atom. The molecule has 27 heavy (non-hydrogen) atoms. The van der Waals surface area contributed by atoms with Crippen molar-refractivity contribution < 1.29 is 18.5 Å². The van der Waals surface area contributed by atoms with Crippen LogP contribution in [0.25, 0.3) is 11.5 Å². The fraction of sp³-hybridized carbons (Fsp3) is 0.474. The number of carbonyl (C=O) groups excluding carboxylic acids is 2. The largest absolute Gasteiger partial charge is 0.341 e. The average molecular weight is 372 g/mol. The highest BCUT2D eigenvalue weighted by Gasteiger charge is 2.45. The van der Waals surface area contributed by atoms with Gasteiger partial charge in [-0.25, -0.2) is 4.39 Å². The van der Waals surface area contributed by atoms with Gasteiger partial charge in [0, 0.05) is 18.7 Å². The van der Waals surface area contributed by atoms with Crippen molar-refractivity contribution >= 4 is 11.8 Å². The molecular weight excluding hydrogens is 351 g/mol. The molecule has 7 nitrogen and oxygen atoms in total. The lowest BCUT2D eigenvalue weighted by atomic mass is 9.93. The molecule has 1 aliphatic carbocycles. The van der Waals surface area contributed by atoms with Gasteiger partial charge in [0.25, 0.3) is 17.6 Å². The molecule has 1 aliphatic heterocycles. The third-order valence-corrected chi connectivity index (χ3v) is 5.51. The minimum atomic E-state index is -0.679. The van der Waals surface area contributed by atoms with Crippen LogP contribution in [0.5, 0.6) is 0 Å². The number of benzene rings is 1. The molecular formula is C19H21FN4O3. The standard InChI is InChI=1S/C19H21FN4O3/c1-12(18(26)24-9-7-19(5-6-19)8-10-24)21-16(25)15-22-17(27-23-15)13-3-2-4-14(20)11-13/h2-4,11-12H,5-10H2,1H3,(H,21,25)/t12-/m1/s1. The van der Waals surface area contributed by atoms with Crippen LogP contribution in [-0.4, -0.2) is 46.0 Å². The number of halogens is 1. The summed E-state index contributed by atoms with van der Waals surface area (Å²) in [6.45, 7) is 3.13. The fourth-order valence-electron chi connectivity index (χ4n) is 3.53. The van der Waals surface area contributed by atoms with Crippen molar-refractivity contribution in [2.24, 2.45) is 5.41 Å². The molecule has 1 saturated carbocycles. The minimum Gasteiger partial charge on any atom is -0.341 e. The van der Waals surface area contributed by atoms with Crippen molar-refractivity contribution in [3.8, 4) is 11.5 Å². The first-order valence-electron chi connectivity index (χ1n) is 9.15. The normalized spacial score (nSPS) is 19.0. The van der Waals surface area contributed by atoms with E-state index >= 15 is 0 Å². The second-order valence-corrected chi connectivity index (χ2v) is 7.45. The zero-order valence-electron chi connectivity index (χ0n) is 15.1. The average Bonchev–Trinajstić information content (AvgIpc) is 3.22. The lowest BCUT2D eigenvalue weighted by Gasteiger charge is -2.33. The van der Waals surface area contributed by atoms with Crippen LogP contribution < -0.4 is 5.32 Å². The molecule has 2 aromatic rings. The third kappa shape index (κ3) is 3.70. The number of hydrogen-bond acceptors (Lipinski definition) is 5. The number of carbonyl (C=O) groups is 2. The minimum absolute atomic E-state index is 0.0457. The summed E-state index contributed by atoms with van der Waals surface area (Å²) in [6.07, 6.45) is 4.63. The van der Waals surface area contributed by atoms with Gasteiger partial charge >= 0.3 is 0 Å². The molecule has 142 valence electrons. The summed E-state index contributed by atoms with van der Waals surface area (Å²) >= 11 is 0. The number of hydrogen-bond donors (Lipinski definition) is 1. The Morgan fingerprint density at radius 3 is 2.67 bits per heavy atom. The second-order valence-electron chi connectivity index (χ2n) is 7.45. The van der Waals surface area contributed by atoms with Gasteiger partial charge in [0.2, 0.25) is 5.91 Å². The van der Waals surface area contributed by atoms with E-state index in [1.165, 1.54) is 31.0 Å². The Labute approximate surface area is 155 Å². The number of likely N-dealkylation sites (tertiary alicyclic amines) is 1. The Morgan fingerprint density at radius 2 is 2.00 bits per heavy atom. The summed E-state index contributed by atoms with van der Waals surface area (Å²) in [7, 11) is 0. The highest BCUT2D eigenvalue weighted by atomic mass is 19.1. The smallest absolute Gasteiger partial charge is 0.293 e. The van der Waals surface area contributed by atoms with E-state index in [2.05, 4.69) is 15.5 Å². The summed E-state index contributed by atoms with van der Waals surface area (Å²) in [5, 5.41) is 6.25. The topological polar surface area (TPSA) is 88.3 Å². The van der Waals surface area contributed by atoms with E-state index in [4.69, 9.17) is 4.52 Å². The van der Waals surface area contributed by atoms with Crippen LogP contribution in [0.3, 0.4) is 0 Å². The van der Waals surface area contributed by atoms with Crippen molar-refractivity contribution in [1.82, 2.24) is 20.4 Å². The van der Waals surface area contributed by atoms with Crippen molar-refractivity contribution in [1.29, 1.82) is 0 Å². The van der Waals surface area contributed by atoms with E-state index < -0.39 is 17.8 Å². The van der Waals surface area contributed by atoms with Crippen molar-refractivity contribution in [2.45, 2.75) is 38.6 Å². The van der Waals surface area contributed by atoms with E-state index in [1.807, 2.05) is 4.90 Å². The summed E-state index contributed by atoms with van der Waals surface area (Å²) in [5.74, 6) is -1.29. The van der Waals surface area contributed by atoms with Crippen LogP contribution in [0.1, 0.15) is 43.2 Å². The predicted octanol–water partition coefficient (Wildman–Crippen LogP) is 2.40. The van der Waals surface area contributed by atoms with Crippen LogP contribution in [0.4, 0.5) is 4.39 Å². The van der Waals surface area contributed by atoms with Gasteiger partial charge in [-0.15, -0.1) is 0 Å². The lowest BCUT2D eigenvalue weighted by molar-refractivity contribution is -0.134. The molecule has 1 aromatic carbocycles. The predicted molar refractivity (Wildman–Crippen MR) is 94.1 cm³/mol. The van der Waals surface area contributed by atoms with Crippen molar-refractivity contribution in [3.63, 3.8) is 0 Å². The summed E-state index contributed by atoms with van der Waals surface area (Å²) < 4.78 is 18.3. The van der Waals surface area contributed by atoms with Crippen LogP contribution in [0, 0.1) is 11.2 Å². The van der Waals surface area contributed by atoms with Gasteiger partial charge in [0.05, 0.1) is 0 Å². The van der Waals surface area contributed by atoms with Crippen LogP contribution in [0.15, 0.2) is 28.8 Å². The Hall–Kier alpha value is -2.77. The quantitative estimate of drug-likeness (QED) is 0.890. The van der Waals surface area contributed by atoms with Crippen molar-refractivity contribution in [2.75, 3.05) is 13.1 Å². The summed E-state index contributed by atoms with van der Waals surface area (Å²) in [5.41, 5.74) is 0.870. The van der Waals surface area contributed by atoms with Crippen LogP contribution in [0.2, 0.25) is 0 Å². The number of rotatable bonds is 4. The monoisotopic (exact) mass is 372 g/mol. The first-order chi connectivity index (χ1) is 13.0. The van der Waals surface area contributed by atoms with Gasteiger partial charge in [0.15, 0.2) is 0 Å². The molecule has 0 bridgehead atoms. The molecule has 2 fully saturated rings. The molecule has 2 heterocycles. The van der Waals surface area contributed by atoms with E-state index in [0.29, 0.717) is 11.0 Å². The Balaban J connectivity index is 1.36. The molecule has 2 amide bonds. The highest BCUT2D eigenvalue weighted by Crippen LogP contribution is 2.53. The SMILES string of the molecule is C[C@@H](NC(=O)c1noc(-c2cccc(F)c2)n1)C(=O)N1CCC2(CC1)CC2. The first kappa shape index (κ1) is 17.6. The molecule has 1 aromatic heterocycles. The molecule has 0 unspecified atom stereocenters. The maximum absolute atomic E-state index is 13.3. The third-order valence-electron chi connectivity index (χ3n) is 5.51. The van der Waals surface area contributed by atoms with Crippen LogP contribution in [-0.2, 0) is 4.79 Å². The molecule has 1 atom stereocenters. The maximum atomic E-state index is 13.3. The molecule has 0 radical (unpaired) electrons. The maximum Gasteiger partial charge on any atom is 0.293 e. The number of nitrogens with one attached hydrogen (secondary N) is 1. The van der Waals surface area contributed by atoms with E-state index in [9.17, 15) is 14.0 Å². The zero-order chi connectivity index (χ0) is 19.0. The molecule has 4 rings (SSSR count). The molecule has 1 saturated heterocycles. The molecule has 1 spiro atoms. The number of nitrogens with zero attached hydrogens (tertiary/aromatic N) is 3. The Bertz CT molecular complexity index is 867. The van der Waals surface area contributed by atoms with Crippen molar-refractivity contribution in [3.05, 3.63) is 35.9 Å². The van der Waals surface area contributed by atoms with E-state index in [-0.39, 0.29) is 17.6 Å². The van der Waals surface area contributed by atoms with Gasteiger partial charge in [-0.05, 0) is 56.2 Å². The fourth-order valence-corrected chi connectivity index (χ4v) is 3.53.